The standard InChI is InChI=1S/C31H23ClN2O5S/c32-23-12-9-20(10-13-23)15-26(34-30(36)21-5-2-1-3-6-21)31(37)33-24-7-4-8-25(17-24)40-18-27(35)22-11-14-28-29(16-22)39-19-38-28/h1-17H,18-19H2,(H,33,37)(H,34,36)/b26-15-. The molecular formula is C31H23ClN2O5S. The number of halogens is 1. The third-order valence-corrected chi connectivity index (χ3v) is 7.11. The topological polar surface area (TPSA) is 93.7 Å². The first-order valence-electron chi connectivity index (χ1n) is 12.3. The average molecular weight is 571 g/mol. The molecule has 1 heterocycles. The summed E-state index contributed by atoms with van der Waals surface area (Å²) in [5.41, 5.74) is 2.22. The molecule has 0 bridgehead atoms. The Morgan fingerprint density at radius 2 is 1.60 bits per heavy atom. The summed E-state index contributed by atoms with van der Waals surface area (Å²) in [4.78, 5) is 39.7. The molecule has 1 aliphatic heterocycles. The molecular weight excluding hydrogens is 548 g/mol. The number of benzene rings is 4. The van der Waals surface area contributed by atoms with Crippen molar-refractivity contribution in [1.29, 1.82) is 0 Å². The first kappa shape index (κ1) is 27.1. The third kappa shape index (κ3) is 6.91. The molecule has 200 valence electrons. The first-order chi connectivity index (χ1) is 19.4. The van der Waals surface area contributed by atoms with E-state index in [1.54, 1.807) is 91.0 Å². The Balaban J connectivity index is 1.28. The molecule has 4 aromatic rings. The molecule has 5 rings (SSSR count). The molecule has 7 nitrogen and oxygen atoms in total. The highest BCUT2D eigenvalue weighted by Crippen LogP contribution is 2.33. The van der Waals surface area contributed by atoms with Crippen LogP contribution in [0.4, 0.5) is 5.69 Å². The van der Waals surface area contributed by atoms with Crippen LogP contribution in [0.3, 0.4) is 0 Å². The number of fused-ring (bicyclic) bond motifs is 1. The van der Waals surface area contributed by atoms with Crippen LogP contribution in [-0.2, 0) is 4.79 Å². The van der Waals surface area contributed by atoms with E-state index in [4.69, 9.17) is 21.1 Å². The van der Waals surface area contributed by atoms with Crippen LogP contribution in [-0.4, -0.2) is 30.1 Å². The number of amides is 2. The fourth-order valence-electron chi connectivity index (χ4n) is 3.83. The summed E-state index contributed by atoms with van der Waals surface area (Å²) in [7, 11) is 0. The van der Waals surface area contributed by atoms with Crippen molar-refractivity contribution in [1.82, 2.24) is 5.32 Å². The van der Waals surface area contributed by atoms with E-state index in [0.29, 0.717) is 38.9 Å². The molecule has 0 aromatic heterocycles. The van der Waals surface area contributed by atoms with Gasteiger partial charge in [-0.05, 0) is 72.3 Å². The van der Waals surface area contributed by atoms with E-state index in [1.807, 2.05) is 12.1 Å². The van der Waals surface area contributed by atoms with E-state index in [2.05, 4.69) is 10.6 Å². The second-order valence-electron chi connectivity index (χ2n) is 8.69. The first-order valence-corrected chi connectivity index (χ1v) is 13.6. The van der Waals surface area contributed by atoms with Gasteiger partial charge in [0, 0.05) is 26.7 Å². The lowest BCUT2D eigenvalue weighted by atomic mass is 10.1. The molecule has 0 radical (unpaired) electrons. The average Bonchev–Trinajstić information content (AvgIpc) is 3.45. The van der Waals surface area contributed by atoms with Gasteiger partial charge in [0.25, 0.3) is 11.8 Å². The van der Waals surface area contributed by atoms with Crippen LogP contribution in [0.25, 0.3) is 6.08 Å². The summed E-state index contributed by atoms with van der Waals surface area (Å²) in [5, 5.41) is 6.12. The summed E-state index contributed by atoms with van der Waals surface area (Å²) < 4.78 is 10.7. The molecule has 0 fully saturated rings. The number of Topliss-reactive ketones (excluding diaryl/α,β-unsaturated/α-hetero) is 1. The van der Waals surface area contributed by atoms with Gasteiger partial charge in [0.2, 0.25) is 6.79 Å². The monoisotopic (exact) mass is 570 g/mol. The van der Waals surface area contributed by atoms with Gasteiger partial charge in [-0.2, -0.15) is 0 Å². The number of anilines is 1. The molecule has 4 aromatic carbocycles. The van der Waals surface area contributed by atoms with E-state index >= 15 is 0 Å². The fourth-order valence-corrected chi connectivity index (χ4v) is 4.81. The predicted octanol–water partition coefficient (Wildman–Crippen LogP) is 6.45. The number of carbonyl (C=O) groups is 3. The van der Waals surface area contributed by atoms with E-state index in [-0.39, 0.29) is 24.0 Å². The zero-order valence-electron chi connectivity index (χ0n) is 21.1. The van der Waals surface area contributed by atoms with Crippen LogP contribution in [0.5, 0.6) is 11.5 Å². The minimum atomic E-state index is -0.502. The summed E-state index contributed by atoms with van der Waals surface area (Å²) >= 11 is 7.34. The van der Waals surface area contributed by atoms with Gasteiger partial charge >= 0.3 is 0 Å². The highest BCUT2D eigenvalue weighted by Gasteiger charge is 2.17. The SMILES string of the molecule is O=C(Nc1cccc(SCC(=O)c2ccc3c(c2)OCO3)c1)/C(=C/c1ccc(Cl)cc1)NC(=O)c1ccccc1. The van der Waals surface area contributed by atoms with Crippen molar-refractivity contribution >= 4 is 52.7 Å². The van der Waals surface area contributed by atoms with Crippen molar-refractivity contribution in [3.8, 4) is 11.5 Å². The molecule has 0 aliphatic carbocycles. The number of hydrogen-bond acceptors (Lipinski definition) is 6. The van der Waals surface area contributed by atoms with Crippen LogP contribution in [0.2, 0.25) is 5.02 Å². The molecule has 0 saturated carbocycles. The number of thioether (sulfide) groups is 1. The number of carbonyl (C=O) groups excluding carboxylic acids is 3. The van der Waals surface area contributed by atoms with Gasteiger partial charge in [0.05, 0.1) is 5.75 Å². The Kier molecular flexibility index (Phi) is 8.49. The van der Waals surface area contributed by atoms with Crippen molar-refractivity contribution in [2.45, 2.75) is 4.90 Å². The lowest BCUT2D eigenvalue weighted by Crippen LogP contribution is -2.30. The molecule has 2 N–H and O–H groups in total. The van der Waals surface area contributed by atoms with Crippen molar-refractivity contribution in [3.63, 3.8) is 0 Å². The Bertz CT molecular complexity index is 1590. The van der Waals surface area contributed by atoms with Crippen LogP contribution >= 0.6 is 23.4 Å². The number of rotatable bonds is 9. The third-order valence-electron chi connectivity index (χ3n) is 5.87. The van der Waals surface area contributed by atoms with Gasteiger partial charge in [-0.3, -0.25) is 14.4 Å². The van der Waals surface area contributed by atoms with E-state index in [9.17, 15) is 14.4 Å². The van der Waals surface area contributed by atoms with Gasteiger partial charge in [-0.25, -0.2) is 0 Å². The maximum absolute atomic E-state index is 13.3. The second kappa shape index (κ2) is 12.5. The molecule has 2 amide bonds. The van der Waals surface area contributed by atoms with Gasteiger partial charge in [-0.1, -0.05) is 48.0 Å². The summed E-state index contributed by atoms with van der Waals surface area (Å²) in [6, 6.07) is 27.8. The lowest BCUT2D eigenvalue weighted by molar-refractivity contribution is -0.113. The number of ketones is 1. The minimum absolute atomic E-state index is 0.0606. The number of hydrogen-bond donors (Lipinski definition) is 2. The summed E-state index contributed by atoms with van der Waals surface area (Å²) in [6.45, 7) is 0.146. The maximum atomic E-state index is 13.3. The molecule has 0 saturated heterocycles. The highest BCUT2D eigenvalue weighted by atomic mass is 35.5. The second-order valence-corrected chi connectivity index (χ2v) is 10.2. The van der Waals surface area contributed by atoms with Gasteiger partial charge in [0.15, 0.2) is 17.3 Å². The summed E-state index contributed by atoms with van der Waals surface area (Å²) in [6.07, 6.45) is 1.58. The van der Waals surface area contributed by atoms with E-state index in [1.165, 1.54) is 11.8 Å². The van der Waals surface area contributed by atoms with Gasteiger partial charge in [0.1, 0.15) is 5.70 Å². The molecule has 9 heteroatoms. The Hall–Kier alpha value is -4.53. The Labute approximate surface area is 240 Å². The van der Waals surface area contributed by atoms with Crippen molar-refractivity contribution in [2.75, 3.05) is 17.9 Å². The molecule has 0 unspecified atom stereocenters. The van der Waals surface area contributed by atoms with Crippen molar-refractivity contribution < 1.29 is 23.9 Å². The zero-order chi connectivity index (χ0) is 27.9. The van der Waals surface area contributed by atoms with Crippen molar-refractivity contribution in [2.24, 2.45) is 0 Å². The van der Waals surface area contributed by atoms with Gasteiger partial charge in [-0.15, -0.1) is 11.8 Å². The maximum Gasteiger partial charge on any atom is 0.272 e. The molecule has 0 spiro atoms. The smallest absolute Gasteiger partial charge is 0.272 e. The van der Waals surface area contributed by atoms with E-state index in [0.717, 1.165) is 4.90 Å². The highest BCUT2D eigenvalue weighted by molar-refractivity contribution is 8.00. The largest absolute Gasteiger partial charge is 0.454 e. The van der Waals surface area contributed by atoms with Crippen LogP contribution in [0.15, 0.2) is 108 Å². The summed E-state index contributed by atoms with van der Waals surface area (Å²) in [5.74, 6) is 0.403. The fraction of sp³-hybridized carbons (Fsp3) is 0.0645. The normalized spacial score (nSPS) is 12.1. The quantitative estimate of drug-likeness (QED) is 0.136. The Morgan fingerprint density at radius 3 is 2.40 bits per heavy atom. The molecule has 0 atom stereocenters. The number of nitrogens with one attached hydrogen (secondary N) is 2. The minimum Gasteiger partial charge on any atom is -0.454 e. The molecule has 1 aliphatic rings. The zero-order valence-corrected chi connectivity index (χ0v) is 22.6. The van der Waals surface area contributed by atoms with Crippen molar-refractivity contribution in [3.05, 3.63) is 124 Å². The molecule has 40 heavy (non-hydrogen) atoms. The predicted molar refractivity (Wildman–Crippen MR) is 156 cm³/mol. The van der Waals surface area contributed by atoms with Crippen LogP contribution < -0.4 is 20.1 Å². The van der Waals surface area contributed by atoms with Crippen LogP contribution in [0, 0.1) is 0 Å². The Morgan fingerprint density at radius 1 is 0.825 bits per heavy atom. The lowest BCUT2D eigenvalue weighted by Gasteiger charge is -2.12. The van der Waals surface area contributed by atoms with E-state index < -0.39 is 11.8 Å². The number of ether oxygens (including phenoxy) is 2. The van der Waals surface area contributed by atoms with Gasteiger partial charge < -0.3 is 20.1 Å². The van der Waals surface area contributed by atoms with Crippen LogP contribution in [0.1, 0.15) is 26.3 Å².